The van der Waals surface area contributed by atoms with E-state index in [0.717, 1.165) is 17.1 Å². The summed E-state index contributed by atoms with van der Waals surface area (Å²) < 4.78 is 20.9. The number of hydrogen-bond acceptors (Lipinski definition) is 6. The molecule has 0 saturated heterocycles. The van der Waals surface area contributed by atoms with Crippen LogP contribution in [0.4, 0.5) is 0 Å². The molecule has 0 aliphatic carbocycles. The van der Waals surface area contributed by atoms with Crippen molar-refractivity contribution in [2.45, 2.75) is 0 Å². The number of benzene rings is 2. The molecular formula is C21H20N2O5. The number of nitrogens with zero attached hydrogens (tertiary/aromatic N) is 1. The standard InChI is InChI=1S/C21H20N2O5/c1-25-17-10-8-16(13-19(17)26-2)21(24)23-22-11-5-3-4-6-15-7-9-18-20(12-15)28-14-27-18/h3-13H,14H2,1-2H3,(H,23,24)/b5-3+,6-4+,22-11+. The van der Waals surface area contributed by atoms with Gasteiger partial charge in [0.2, 0.25) is 6.79 Å². The molecule has 0 aromatic heterocycles. The molecule has 0 unspecified atom stereocenters. The molecule has 2 aromatic rings. The number of carbonyl (C=O) groups is 1. The van der Waals surface area contributed by atoms with E-state index in [1.165, 1.54) is 20.4 Å². The van der Waals surface area contributed by atoms with E-state index in [-0.39, 0.29) is 12.7 Å². The molecule has 0 saturated carbocycles. The van der Waals surface area contributed by atoms with Crippen LogP contribution in [0.5, 0.6) is 23.0 Å². The summed E-state index contributed by atoms with van der Waals surface area (Å²) in [4.78, 5) is 12.1. The smallest absolute Gasteiger partial charge is 0.271 e. The lowest BCUT2D eigenvalue weighted by Crippen LogP contribution is -2.17. The molecule has 1 aliphatic rings. The van der Waals surface area contributed by atoms with E-state index in [9.17, 15) is 4.79 Å². The van der Waals surface area contributed by atoms with Crippen molar-refractivity contribution in [2.75, 3.05) is 21.0 Å². The van der Waals surface area contributed by atoms with Crippen LogP contribution in [0.1, 0.15) is 15.9 Å². The Morgan fingerprint density at radius 3 is 2.64 bits per heavy atom. The van der Waals surface area contributed by atoms with Gasteiger partial charge in [-0.25, -0.2) is 5.43 Å². The normalized spacial score (nSPS) is 12.8. The average Bonchev–Trinajstić information content (AvgIpc) is 3.20. The van der Waals surface area contributed by atoms with E-state index in [1.54, 1.807) is 30.4 Å². The quantitative estimate of drug-likeness (QED) is 0.452. The van der Waals surface area contributed by atoms with Crippen molar-refractivity contribution in [1.82, 2.24) is 5.43 Å². The summed E-state index contributed by atoms with van der Waals surface area (Å²) in [7, 11) is 3.05. The van der Waals surface area contributed by atoms with Crippen LogP contribution in [0, 0.1) is 0 Å². The number of ether oxygens (including phenoxy) is 4. The zero-order valence-corrected chi connectivity index (χ0v) is 15.5. The highest BCUT2D eigenvalue weighted by atomic mass is 16.7. The number of carbonyl (C=O) groups excluding carboxylic acids is 1. The number of fused-ring (bicyclic) bond motifs is 1. The molecule has 0 radical (unpaired) electrons. The lowest BCUT2D eigenvalue weighted by molar-refractivity contribution is 0.0954. The predicted octanol–water partition coefficient (Wildman–Crippen LogP) is 3.42. The monoisotopic (exact) mass is 380 g/mol. The highest BCUT2D eigenvalue weighted by Crippen LogP contribution is 2.32. The maximum Gasteiger partial charge on any atom is 0.271 e. The fourth-order valence-electron chi connectivity index (χ4n) is 2.48. The molecular weight excluding hydrogens is 360 g/mol. The van der Waals surface area contributed by atoms with Crippen molar-refractivity contribution in [2.24, 2.45) is 5.10 Å². The van der Waals surface area contributed by atoms with E-state index >= 15 is 0 Å². The second-order valence-corrected chi connectivity index (χ2v) is 5.65. The molecule has 1 amide bonds. The van der Waals surface area contributed by atoms with Gasteiger partial charge < -0.3 is 18.9 Å². The van der Waals surface area contributed by atoms with Crippen molar-refractivity contribution >= 4 is 18.2 Å². The number of hydrogen-bond donors (Lipinski definition) is 1. The van der Waals surface area contributed by atoms with Crippen LogP contribution in [0.15, 0.2) is 59.7 Å². The molecule has 1 N–H and O–H groups in total. The first kappa shape index (κ1) is 19.0. The molecule has 7 heteroatoms. The van der Waals surface area contributed by atoms with E-state index in [4.69, 9.17) is 18.9 Å². The number of amides is 1. The Hall–Kier alpha value is -3.74. The third-order valence-corrected chi connectivity index (χ3v) is 3.88. The maximum absolute atomic E-state index is 12.1. The van der Waals surface area contributed by atoms with Gasteiger partial charge in [0, 0.05) is 11.8 Å². The minimum absolute atomic E-state index is 0.258. The SMILES string of the molecule is COc1ccc(C(=O)N/N=C/C=C/C=C/c2ccc3c(c2)OCO3)cc1OC. The van der Waals surface area contributed by atoms with Crippen LogP contribution in [-0.2, 0) is 0 Å². The lowest BCUT2D eigenvalue weighted by atomic mass is 10.2. The van der Waals surface area contributed by atoms with Crippen LogP contribution in [0.3, 0.4) is 0 Å². The van der Waals surface area contributed by atoms with Crippen molar-refractivity contribution in [3.63, 3.8) is 0 Å². The molecule has 3 rings (SSSR count). The molecule has 1 aliphatic heterocycles. The van der Waals surface area contributed by atoms with Gasteiger partial charge >= 0.3 is 0 Å². The van der Waals surface area contributed by atoms with Gasteiger partial charge in [0.1, 0.15) is 0 Å². The van der Waals surface area contributed by atoms with Gasteiger partial charge in [0.25, 0.3) is 5.91 Å². The lowest BCUT2D eigenvalue weighted by Gasteiger charge is -2.08. The third kappa shape index (κ3) is 4.70. The Labute approximate surface area is 162 Å². The van der Waals surface area contributed by atoms with E-state index in [2.05, 4.69) is 10.5 Å². The Morgan fingerprint density at radius 2 is 1.82 bits per heavy atom. The first-order valence-electron chi connectivity index (χ1n) is 8.49. The Morgan fingerprint density at radius 1 is 1.00 bits per heavy atom. The molecule has 144 valence electrons. The molecule has 28 heavy (non-hydrogen) atoms. The van der Waals surface area contributed by atoms with Crippen LogP contribution in [0.2, 0.25) is 0 Å². The third-order valence-electron chi connectivity index (χ3n) is 3.88. The van der Waals surface area contributed by atoms with E-state index < -0.39 is 0 Å². The largest absolute Gasteiger partial charge is 0.493 e. The summed E-state index contributed by atoms with van der Waals surface area (Å²) >= 11 is 0. The van der Waals surface area contributed by atoms with Gasteiger partial charge in [0.05, 0.1) is 14.2 Å². The summed E-state index contributed by atoms with van der Waals surface area (Å²) in [6.07, 6.45) is 8.78. The molecule has 0 atom stereocenters. The van der Waals surface area contributed by atoms with Gasteiger partial charge in [-0.2, -0.15) is 5.10 Å². The Kier molecular flexibility index (Phi) is 6.30. The number of nitrogens with one attached hydrogen (secondary N) is 1. The van der Waals surface area contributed by atoms with Crippen LogP contribution < -0.4 is 24.4 Å². The van der Waals surface area contributed by atoms with E-state index in [1.807, 2.05) is 30.4 Å². The number of methoxy groups -OCH3 is 2. The maximum atomic E-state index is 12.1. The highest BCUT2D eigenvalue weighted by Gasteiger charge is 2.12. The summed E-state index contributed by atoms with van der Waals surface area (Å²) in [5.41, 5.74) is 3.86. The fourth-order valence-corrected chi connectivity index (χ4v) is 2.48. The second-order valence-electron chi connectivity index (χ2n) is 5.65. The number of rotatable bonds is 7. The van der Waals surface area contributed by atoms with Crippen LogP contribution in [-0.4, -0.2) is 33.1 Å². The van der Waals surface area contributed by atoms with E-state index in [0.29, 0.717) is 17.1 Å². The fraction of sp³-hybridized carbons (Fsp3) is 0.143. The second kappa shape index (κ2) is 9.27. The van der Waals surface area contributed by atoms with Crippen LogP contribution >= 0.6 is 0 Å². The predicted molar refractivity (Wildman–Crippen MR) is 106 cm³/mol. The summed E-state index contributed by atoms with van der Waals surface area (Å²) in [5.74, 6) is 2.18. The first-order valence-corrected chi connectivity index (χ1v) is 8.49. The van der Waals surface area contributed by atoms with Crippen molar-refractivity contribution in [3.8, 4) is 23.0 Å². The first-order chi connectivity index (χ1) is 13.7. The van der Waals surface area contributed by atoms with Crippen LogP contribution in [0.25, 0.3) is 6.08 Å². The average molecular weight is 380 g/mol. The molecule has 0 bridgehead atoms. The zero-order chi connectivity index (χ0) is 19.8. The minimum Gasteiger partial charge on any atom is -0.493 e. The van der Waals surface area contributed by atoms with Gasteiger partial charge in [-0.15, -0.1) is 0 Å². The van der Waals surface area contributed by atoms with Crippen molar-refractivity contribution < 1.29 is 23.7 Å². The molecule has 0 spiro atoms. The summed E-state index contributed by atoms with van der Waals surface area (Å²) in [6.45, 7) is 0.258. The van der Waals surface area contributed by atoms with Gasteiger partial charge in [0.15, 0.2) is 23.0 Å². The molecule has 0 fully saturated rings. The van der Waals surface area contributed by atoms with Gasteiger partial charge in [-0.05, 0) is 42.0 Å². The van der Waals surface area contributed by atoms with Crippen molar-refractivity contribution in [3.05, 3.63) is 65.8 Å². The zero-order valence-electron chi connectivity index (χ0n) is 15.5. The molecule has 2 aromatic carbocycles. The Bertz CT molecular complexity index is 934. The van der Waals surface area contributed by atoms with Crippen molar-refractivity contribution in [1.29, 1.82) is 0 Å². The molecule has 1 heterocycles. The molecule has 7 nitrogen and oxygen atoms in total. The minimum atomic E-state index is -0.346. The summed E-state index contributed by atoms with van der Waals surface area (Å²) in [5, 5.41) is 3.88. The number of allylic oxidation sites excluding steroid dienone is 3. The number of hydrazone groups is 1. The summed E-state index contributed by atoms with van der Waals surface area (Å²) in [6, 6.07) is 10.6. The van der Waals surface area contributed by atoms with Gasteiger partial charge in [-0.1, -0.05) is 24.3 Å². The topological polar surface area (TPSA) is 78.4 Å². The van der Waals surface area contributed by atoms with Gasteiger partial charge in [-0.3, -0.25) is 4.79 Å². The Balaban J connectivity index is 1.50. The highest BCUT2D eigenvalue weighted by molar-refractivity contribution is 5.95.